The van der Waals surface area contributed by atoms with Crippen molar-refractivity contribution in [1.82, 2.24) is 0 Å². The highest BCUT2D eigenvalue weighted by Gasteiger charge is 2.37. The number of benzene rings is 1. The van der Waals surface area contributed by atoms with E-state index < -0.39 is 0 Å². The zero-order chi connectivity index (χ0) is 12.5. The molecule has 0 atom stereocenters. The minimum absolute atomic E-state index is 0.1000. The molecule has 0 radical (unpaired) electrons. The van der Waals surface area contributed by atoms with Crippen LogP contribution in [0.4, 0.5) is 0 Å². The van der Waals surface area contributed by atoms with E-state index >= 15 is 0 Å². The van der Waals surface area contributed by atoms with E-state index in [1.54, 1.807) is 14.2 Å². The Morgan fingerprint density at radius 1 is 1.24 bits per heavy atom. The third-order valence-corrected chi connectivity index (χ3v) is 3.68. The average Bonchev–Trinajstić information content (AvgIpc) is 3.06. The fraction of sp³-hybridized carbons (Fsp3) is 0.571. The van der Waals surface area contributed by atoms with E-state index in [4.69, 9.17) is 15.2 Å². The summed E-state index contributed by atoms with van der Waals surface area (Å²) in [4.78, 5) is 0. The topological polar surface area (TPSA) is 44.5 Å². The first-order valence-corrected chi connectivity index (χ1v) is 6.08. The van der Waals surface area contributed by atoms with Gasteiger partial charge in [0.2, 0.25) is 0 Å². The van der Waals surface area contributed by atoms with E-state index in [1.165, 1.54) is 11.1 Å². The van der Waals surface area contributed by atoms with Gasteiger partial charge in [0, 0.05) is 11.6 Å². The van der Waals surface area contributed by atoms with Crippen LogP contribution < -0.4 is 15.2 Å². The molecule has 0 spiro atoms. The lowest BCUT2D eigenvalue weighted by Gasteiger charge is -2.14. The predicted octanol–water partition coefficient (Wildman–Crippen LogP) is 2.44. The van der Waals surface area contributed by atoms with Gasteiger partial charge in [0.15, 0.2) is 0 Å². The highest BCUT2D eigenvalue weighted by Crippen LogP contribution is 2.38. The van der Waals surface area contributed by atoms with Gasteiger partial charge in [-0.1, -0.05) is 0 Å². The van der Waals surface area contributed by atoms with Crippen LogP contribution in [0.5, 0.6) is 11.5 Å². The number of methoxy groups -OCH3 is 2. The molecular weight excluding hydrogens is 214 g/mol. The van der Waals surface area contributed by atoms with Crippen molar-refractivity contribution < 1.29 is 9.47 Å². The van der Waals surface area contributed by atoms with Gasteiger partial charge < -0.3 is 15.2 Å². The molecule has 0 bridgehead atoms. The molecule has 2 rings (SSSR count). The quantitative estimate of drug-likeness (QED) is 0.852. The molecule has 1 aliphatic rings. The van der Waals surface area contributed by atoms with Gasteiger partial charge in [-0.3, -0.25) is 0 Å². The summed E-state index contributed by atoms with van der Waals surface area (Å²) in [6, 6.07) is 4.01. The Balaban J connectivity index is 2.18. The maximum Gasteiger partial charge on any atom is 0.125 e. The molecule has 1 fully saturated rings. The van der Waals surface area contributed by atoms with Crippen molar-refractivity contribution in [3.63, 3.8) is 0 Å². The van der Waals surface area contributed by atoms with Crippen molar-refractivity contribution in [2.24, 2.45) is 5.73 Å². The monoisotopic (exact) mass is 235 g/mol. The number of hydrogen-bond acceptors (Lipinski definition) is 3. The summed E-state index contributed by atoms with van der Waals surface area (Å²) in [5, 5.41) is 0. The molecule has 1 aromatic rings. The van der Waals surface area contributed by atoms with Crippen LogP contribution in [-0.2, 0) is 6.42 Å². The second-order valence-corrected chi connectivity index (χ2v) is 4.98. The Bertz CT molecular complexity index is 411. The Labute approximate surface area is 103 Å². The van der Waals surface area contributed by atoms with Crippen LogP contribution in [0.1, 0.15) is 30.4 Å². The van der Waals surface area contributed by atoms with Crippen molar-refractivity contribution in [3.8, 4) is 11.5 Å². The lowest BCUT2D eigenvalue weighted by molar-refractivity contribution is 0.391. The van der Waals surface area contributed by atoms with E-state index in [2.05, 4.69) is 13.0 Å². The second kappa shape index (κ2) is 4.57. The van der Waals surface area contributed by atoms with Crippen LogP contribution in [0.2, 0.25) is 0 Å². The summed E-state index contributed by atoms with van der Waals surface area (Å²) in [5.41, 5.74) is 8.69. The van der Waals surface area contributed by atoms with Crippen LogP contribution in [0, 0.1) is 6.92 Å². The summed E-state index contributed by atoms with van der Waals surface area (Å²) in [6.45, 7) is 2.09. The first kappa shape index (κ1) is 12.2. The van der Waals surface area contributed by atoms with E-state index in [-0.39, 0.29) is 5.54 Å². The fourth-order valence-corrected chi connectivity index (χ4v) is 2.10. The van der Waals surface area contributed by atoms with E-state index in [0.717, 1.165) is 37.2 Å². The Hall–Kier alpha value is -1.22. The van der Waals surface area contributed by atoms with Gasteiger partial charge in [0.1, 0.15) is 11.5 Å². The van der Waals surface area contributed by atoms with E-state index in [9.17, 15) is 0 Å². The van der Waals surface area contributed by atoms with Crippen LogP contribution in [-0.4, -0.2) is 19.8 Å². The molecule has 3 nitrogen and oxygen atoms in total. The zero-order valence-corrected chi connectivity index (χ0v) is 10.9. The number of nitrogens with two attached hydrogens (primary N) is 1. The number of ether oxygens (including phenoxy) is 2. The molecule has 1 aromatic carbocycles. The van der Waals surface area contributed by atoms with Gasteiger partial charge in [0.25, 0.3) is 0 Å². The number of rotatable bonds is 5. The minimum Gasteiger partial charge on any atom is -0.497 e. The highest BCUT2D eigenvalue weighted by atomic mass is 16.5. The molecule has 0 amide bonds. The molecule has 0 heterocycles. The van der Waals surface area contributed by atoms with Crippen LogP contribution in [0.25, 0.3) is 0 Å². The summed E-state index contributed by atoms with van der Waals surface area (Å²) in [6.07, 6.45) is 4.36. The maximum absolute atomic E-state index is 6.12. The predicted molar refractivity (Wildman–Crippen MR) is 68.8 cm³/mol. The highest BCUT2D eigenvalue weighted by molar-refractivity contribution is 5.46. The summed E-state index contributed by atoms with van der Waals surface area (Å²) in [7, 11) is 3.37. The van der Waals surface area contributed by atoms with Crippen LogP contribution in [0.15, 0.2) is 12.1 Å². The standard InChI is InChI=1S/C14H21NO2/c1-10-11(4-5-14(15)6-7-14)8-12(16-2)9-13(10)17-3/h8-9H,4-7,15H2,1-3H3. The van der Waals surface area contributed by atoms with Crippen molar-refractivity contribution in [1.29, 1.82) is 0 Å². The molecule has 3 heteroatoms. The average molecular weight is 235 g/mol. The van der Waals surface area contributed by atoms with Crippen molar-refractivity contribution in [2.75, 3.05) is 14.2 Å². The van der Waals surface area contributed by atoms with Crippen LogP contribution >= 0.6 is 0 Å². The van der Waals surface area contributed by atoms with Crippen molar-refractivity contribution in [2.45, 2.75) is 38.1 Å². The summed E-state index contributed by atoms with van der Waals surface area (Å²) >= 11 is 0. The molecule has 0 aromatic heterocycles. The molecule has 0 saturated heterocycles. The van der Waals surface area contributed by atoms with Crippen molar-refractivity contribution >= 4 is 0 Å². The first-order chi connectivity index (χ1) is 8.08. The Morgan fingerprint density at radius 3 is 2.47 bits per heavy atom. The van der Waals surface area contributed by atoms with Crippen LogP contribution in [0.3, 0.4) is 0 Å². The third-order valence-electron chi connectivity index (χ3n) is 3.68. The fourth-order valence-electron chi connectivity index (χ4n) is 2.10. The Kier molecular flexibility index (Phi) is 3.29. The molecule has 0 unspecified atom stereocenters. The largest absolute Gasteiger partial charge is 0.497 e. The molecule has 1 aliphatic carbocycles. The first-order valence-electron chi connectivity index (χ1n) is 6.08. The van der Waals surface area contributed by atoms with Gasteiger partial charge in [-0.25, -0.2) is 0 Å². The van der Waals surface area contributed by atoms with Gasteiger partial charge in [-0.2, -0.15) is 0 Å². The molecular formula is C14H21NO2. The third kappa shape index (κ3) is 2.72. The van der Waals surface area contributed by atoms with Crippen molar-refractivity contribution in [3.05, 3.63) is 23.3 Å². The smallest absolute Gasteiger partial charge is 0.125 e. The summed E-state index contributed by atoms with van der Waals surface area (Å²) in [5.74, 6) is 1.74. The van der Waals surface area contributed by atoms with Gasteiger partial charge in [-0.15, -0.1) is 0 Å². The van der Waals surface area contributed by atoms with E-state index in [0.29, 0.717) is 0 Å². The number of hydrogen-bond donors (Lipinski definition) is 1. The van der Waals surface area contributed by atoms with E-state index in [1.807, 2.05) is 6.07 Å². The second-order valence-electron chi connectivity index (χ2n) is 4.98. The SMILES string of the molecule is COc1cc(CCC2(N)CC2)c(C)c(OC)c1. The maximum atomic E-state index is 6.12. The molecule has 2 N–H and O–H groups in total. The lowest BCUT2D eigenvalue weighted by atomic mass is 9.99. The minimum atomic E-state index is 0.1000. The molecule has 94 valence electrons. The number of aryl methyl sites for hydroxylation is 1. The lowest BCUT2D eigenvalue weighted by Crippen LogP contribution is -2.22. The van der Waals surface area contributed by atoms with Gasteiger partial charge in [0.05, 0.1) is 14.2 Å². The zero-order valence-electron chi connectivity index (χ0n) is 10.9. The van der Waals surface area contributed by atoms with Gasteiger partial charge in [-0.05, 0) is 49.8 Å². The summed E-state index contributed by atoms with van der Waals surface area (Å²) < 4.78 is 10.7. The molecule has 17 heavy (non-hydrogen) atoms. The molecule has 0 aliphatic heterocycles. The molecule has 1 saturated carbocycles. The van der Waals surface area contributed by atoms with Gasteiger partial charge >= 0.3 is 0 Å². The normalized spacial score (nSPS) is 16.7. The Morgan fingerprint density at radius 2 is 1.94 bits per heavy atom.